The highest BCUT2D eigenvalue weighted by Gasteiger charge is 2.40. The molecule has 2 rings (SSSR count). The van der Waals surface area contributed by atoms with Gasteiger partial charge in [0, 0.05) is 42.1 Å². The number of nitrogens with zero attached hydrogens (tertiary/aromatic N) is 2. The van der Waals surface area contributed by atoms with Crippen molar-refractivity contribution in [3.63, 3.8) is 0 Å². The third-order valence-electron chi connectivity index (χ3n) is 8.73. The topological polar surface area (TPSA) is 65.2 Å². The van der Waals surface area contributed by atoms with Gasteiger partial charge in [-0.3, -0.25) is 9.98 Å². The zero-order chi connectivity index (χ0) is 28.4. The Labute approximate surface area is 228 Å². The Morgan fingerprint density at radius 2 is 0.946 bits per heavy atom. The van der Waals surface area contributed by atoms with Gasteiger partial charge in [0.15, 0.2) is 0 Å². The number of para-hydroxylation sites is 2. The number of aromatic hydroxyl groups is 2. The smallest absolute Gasteiger partial charge is 0.123 e. The molecule has 6 heteroatoms. The van der Waals surface area contributed by atoms with E-state index in [9.17, 15) is 10.2 Å². The van der Waals surface area contributed by atoms with Gasteiger partial charge in [-0.1, -0.05) is 106 Å². The van der Waals surface area contributed by atoms with E-state index in [1.165, 1.54) is 0 Å². The molecular formula is C31H50N2O2Si2. The molecule has 0 aliphatic carbocycles. The van der Waals surface area contributed by atoms with Crippen molar-refractivity contribution in [2.75, 3.05) is 13.1 Å². The number of phenolic OH excluding ortho intramolecular Hbond substituents is 2. The fourth-order valence-electron chi connectivity index (χ4n) is 3.98. The average Bonchev–Trinajstić information content (AvgIpc) is 2.74. The molecule has 2 aromatic rings. The summed E-state index contributed by atoms with van der Waals surface area (Å²) in [6.07, 6.45) is 3.60. The summed E-state index contributed by atoms with van der Waals surface area (Å²) in [6.45, 7) is 28.2. The molecule has 0 saturated heterocycles. The second-order valence-electron chi connectivity index (χ2n) is 14.3. The van der Waals surface area contributed by atoms with Crippen LogP contribution < -0.4 is 10.4 Å². The third-order valence-corrected chi connectivity index (χ3v) is 19.7. The number of aliphatic imine (C=N–C) groups is 2. The molecule has 0 atom stereocenters. The molecule has 0 aliphatic rings. The minimum atomic E-state index is -1.86. The molecule has 4 nitrogen and oxygen atoms in total. The van der Waals surface area contributed by atoms with Gasteiger partial charge in [0.05, 0.1) is 16.1 Å². The number of hydrogen-bond acceptors (Lipinski definition) is 4. The lowest BCUT2D eigenvalue weighted by atomic mass is 9.94. The third kappa shape index (κ3) is 7.02. The van der Waals surface area contributed by atoms with Gasteiger partial charge in [-0.15, -0.1) is 0 Å². The molecule has 37 heavy (non-hydrogen) atoms. The van der Waals surface area contributed by atoms with E-state index in [0.717, 1.165) is 21.5 Å². The van der Waals surface area contributed by atoms with E-state index in [2.05, 4.69) is 104 Å². The fraction of sp³-hybridized carbons (Fsp3) is 0.548. The highest BCUT2D eigenvalue weighted by Crippen LogP contribution is 2.38. The predicted octanol–water partition coefficient (Wildman–Crippen LogP) is 7.09. The molecule has 0 fully saturated rings. The van der Waals surface area contributed by atoms with Crippen molar-refractivity contribution < 1.29 is 10.2 Å². The monoisotopic (exact) mass is 538 g/mol. The van der Waals surface area contributed by atoms with E-state index < -0.39 is 16.1 Å². The van der Waals surface area contributed by atoms with Crippen LogP contribution in [0.25, 0.3) is 0 Å². The first-order valence-corrected chi connectivity index (χ1v) is 19.4. The van der Waals surface area contributed by atoms with E-state index in [1.54, 1.807) is 12.4 Å². The zero-order valence-electron chi connectivity index (χ0n) is 25.3. The SMILES string of the molecule is CC(C)(C/N=C/c1cccc([Si](C)(C)C(C)(C)C)c1O)C/N=C/c1cccc([Si](C)(C)C(C)(C)C)c1O. The van der Waals surface area contributed by atoms with Gasteiger partial charge in [0.2, 0.25) is 0 Å². The molecule has 0 aromatic heterocycles. The second kappa shape index (κ2) is 10.9. The first-order chi connectivity index (χ1) is 16.7. The summed E-state index contributed by atoms with van der Waals surface area (Å²) in [4.78, 5) is 9.38. The lowest BCUT2D eigenvalue weighted by Gasteiger charge is -2.37. The average molecular weight is 539 g/mol. The molecule has 0 spiro atoms. The first kappa shape index (κ1) is 31.0. The van der Waals surface area contributed by atoms with Gasteiger partial charge in [-0.2, -0.15) is 0 Å². The molecule has 0 heterocycles. The van der Waals surface area contributed by atoms with Gasteiger partial charge in [-0.05, 0) is 32.6 Å². The van der Waals surface area contributed by atoms with Crippen LogP contribution in [0.15, 0.2) is 46.4 Å². The molecule has 0 unspecified atom stereocenters. The number of rotatable bonds is 8. The molecule has 0 bridgehead atoms. The zero-order valence-corrected chi connectivity index (χ0v) is 27.3. The van der Waals surface area contributed by atoms with E-state index in [4.69, 9.17) is 0 Å². The van der Waals surface area contributed by atoms with Crippen molar-refractivity contribution >= 4 is 39.0 Å². The summed E-state index contributed by atoms with van der Waals surface area (Å²) < 4.78 is 0. The van der Waals surface area contributed by atoms with E-state index >= 15 is 0 Å². The Bertz CT molecular complexity index is 1060. The second-order valence-corrected chi connectivity index (χ2v) is 24.9. The summed E-state index contributed by atoms with van der Waals surface area (Å²) in [5.74, 6) is 0.733. The van der Waals surface area contributed by atoms with Crippen LogP contribution in [-0.2, 0) is 0 Å². The number of hydrogen-bond donors (Lipinski definition) is 2. The van der Waals surface area contributed by atoms with Crippen LogP contribution in [0.2, 0.25) is 36.3 Å². The molecule has 0 amide bonds. The minimum absolute atomic E-state index is 0.138. The van der Waals surface area contributed by atoms with Crippen LogP contribution in [0.1, 0.15) is 66.5 Å². The van der Waals surface area contributed by atoms with Crippen LogP contribution in [0, 0.1) is 5.41 Å². The van der Waals surface area contributed by atoms with E-state index in [-0.39, 0.29) is 15.5 Å². The number of benzene rings is 2. The maximum atomic E-state index is 11.0. The summed E-state index contributed by atoms with van der Waals surface area (Å²) in [5, 5.41) is 24.5. The maximum Gasteiger partial charge on any atom is 0.123 e. The maximum absolute atomic E-state index is 11.0. The van der Waals surface area contributed by atoms with Crippen molar-refractivity contribution in [1.82, 2.24) is 0 Å². The van der Waals surface area contributed by atoms with Crippen molar-refractivity contribution in [2.45, 2.75) is 91.7 Å². The Morgan fingerprint density at radius 1 is 0.622 bits per heavy atom. The lowest BCUT2D eigenvalue weighted by Crippen LogP contribution is -2.49. The number of phenols is 2. The molecule has 2 aromatic carbocycles. The standard InChI is InChI=1S/C31H50N2O2Si2/c1-29(2,3)36(9,10)25-17-13-15-23(27(25)34)19-32-21-31(7,8)22-33-20-24-16-14-18-26(28(24)35)37(11,12)30(4,5)6/h13-20,34-35H,21-22H2,1-12H3/b32-19+,33-20+. The molecule has 0 radical (unpaired) electrons. The summed E-state index contributed by atoms with van der Waals surface area (Å²) >= 11 is 0. The summed E-state index contributed by atoms with van der Waals surface area (Å²) in [6, 6.07) is 12.0. The van der Waals surface area contributed by atoms with Crippen molar-refractivity contribution in [3.05, 3.63) is 47.5 Å². The summed E-state index contributed by atoms with van der Waals surface area (Å²) in [7, 11) is -3.73. The van der Waals surface area contributed by atoms with Gasteiger partial charge < -0.3 is 10.2 Å². The van der Waals surface area contributed by atoms with Crippen LogP contribution in [0.3, 0.4) is 0 Å². The van der Waals surface area contributed by atoms with Crippen molar-refractivity contribution in [1.29, 1.82) is 0 Å². The Hall–Kier alpha value is -2.19. The van der Waals surface area contributed by atoms with Gasteiger partial charge in [-0.25, -0.2) is 0 Å². The van der Waals surface area contributed by atoms with Crippen molar-refractivity contribution in [2.24, 2.45) is 15.4 Å². The predicted molar refractivity (Wildman–Crippen MR) is 169 cm³/mol. The highest BCUT2D eigenvalue weighted by molar-refractivity contribution is 6.93. The van der Waals surface area contributed by atoms with Crippen LogP contribution in [-0.4, -0.2) is 51.9 Å². The highest BCUT2D eigenvalue weighted by atomic mass is 28.3. The van der Waals surface area contributed by atoms with E-state index in [0.29, 0.717) is 24.6 Å². The molecule has 2 N–H and O–H groups in total. The van der Waals surface area contributed by atoms with Crippen LogP contribution in [0.4, 0.5) is 0 Å². The van der Waals surface area contributed by atoms with Crippen molar-refractivity contribution in [3.8, 4) is 11.5 Å². The minimum Gasteiger partial charge on any atom is -0.507 e. The fourth-order valence-corrected chi connectivity index (χ4v) is 8.09. The Kier molecular flexibility index (Phi) is 9.14. The molecule has 0 aliphatic heterocycles. The largest absolute Gasteiger partial charge is 0.507 e. The van der Waals surface area contributed by atoms with Crippen LogP contribution in [0.5, 0.6) is 11.5 Å². The van der Waals surface area contributed by atoms with Gasteiger partial charge in [0.25, 0.3) is 0 Å². The first-order valence-electron chi connectivity index (χ1n) is 13.4. The molecule has 0 saturated carbocycles. The summed E-state index contributed by atoms with van der Waals surface area (Å²) in [5.41, 5.74) is 1.38. The van der Waals surface area contributed by atoms with E-state index in [1.807, 2.05) is 24.3 Å². The quantitative estimate of drug-likeness (QED) is 0.278. The van der Waals surface area contributed by atoms with Gasteiger partial charge >= 0.3 is 0 Å². The Morgan fingerprint density at radius 3 is 1.24 bits per heavy atom. The Balaban J connectivity index is 2.16. The molecule has 204 valence electrons. The normalized spacial score (nSPS) is 14.2. The lowest BCUT2D eigenvalue weighted by molar-refractivity contribution is 0.396. The molecular weight excluding hydrogens is 489 g/mol. The van der Waals surface area contributed by atoms with Crippen LogP contribution >= 0.6 is 0 Å². The van der Waals surface area contributed by atoms with Gasteiger partial charge in [0.1, 0.15) is 11.5 Å².